The highest BCUT2D eigenvalue weighted by atomic mass is 127. The lowest BCUT2D eigenvalue weighted by Gasteiger charge is -1.85. The van der Waals surface area contributed by atoms with E-state index in [4.69, 9.17) is 0 Å². The van der Waals surface area contributed by atoms with Crippen LogP contribution in [0.1, 0.15) is 0 Å². The molecule has 0 aromatic heterocycles. The minimum atomic E-state index is -0.225. The second-order valence-corrected chi connectivity index (χ2v) is 2.62. The zero-order valence-electron chi connectivity index (χ0n) is 3.99. The molecule has 0 saturated carbocycles. The first-order valence-corrected chi connectivity index (χ1v) is 3.19. The molecular weight excluding hydrogens is 218 g/mol. The van der Waals surface area contributed by atoms with Crippen LogP contribution in [0.4, 0.5) is 4.39 Å². The first-order chi connectivity index (χ1) is 3.79. The molecule has 1 aromatic rings. The predicted octanol–water partition coefficient (Wildman–Crippen LogP) is 2.23. The van der Waals surface area contributed by atoms with Crippen molar-refractivity contribution in [2.75, 3.05) is 0 Å². The molecule has 0 fully saturated rings. The molecule has 0 N–H and O–H groups in total. The van der Waals surface area contributed by atoms with E-state index in [0.717, 1.165) is 3.57 Å². The van der Waals surface area contributed by atoms with Crippen molar-refractivity contribution in [2.45, 2.75) is 0 Å². The van der Waals surface area contributed by atoms with Crippen molar-refractivity contribution in [1.82, 2.24) is 0 Å². The Hall–Kier alpha value is -0.120. The Morgan fingerprint density at radius 1 is 1.50 bits per heavy atom. The zero-order valence-corrected chi connectivity index (χ0v) is 6.15. The molecule has 1 radical (unpaired) electrons. The smallest absolute Gasteiger partial charge is 0.124 e. The summed E-state index contributed by atoms with van der Waals surface area (Å²) in [5.74, 6) is -0.225. The van der Waals surface area contributed by atoms with E-state index in [2.05, 4.69) is 6.07 Å². The molecule has 0 unspecified atom stereocenters. The van der Waals surface area contributed by atoms with Gasteiger partial charge in [-0.25, -0.2) is 4.39 Å². The van der Waals surface area contributed by atoms with Gasteiger partial charge in [0, 0.05) is 3.57 Å². The average molecular weight is 221 g/mol. The fourth-order valence-corrected chi connectivity index (χ4v) is 0.893. The Morgan fingerprint density at radius 2 is 2.25 bits per heavy atom. The first kappa shape index (κ1) is 6.01. The number of halogens is 2. The van der Waals surface area contributed by atoms with Crippen LogP contribution in [0.2, 0.25) is 0 Å². The van der Waals surface area contributed by atoms with Crippen molar-refractivity contribution >= 4 is 22.6 Å². The van der Waals surface area contributed by atoms with E-state index < -0.39 is 0 Å². The van der Waals surface area contributed by atoms with Crippen LogP contribution in [-0.4, -0.2) is 0 Å². The standard InChI is InChI=1S/C6H3FI/c7-5-2-1-3-6(8)4-5/h2-4H. The molecule has 0 aliphatic rings. The van der Waals surface area contributed by atoms with Gasteiger partial charge in [0.2, 0.25) is 0 Å². The molecule has 0 spiro atoms. The number of benzene rings is 1. The molecular formula is C6H3FI. The van der Waals surface area contributed by atoms with Crippen molar-refractivity contribution in [2.24, 2.45) is 0 Å². The normalized spacial score (nSPS) is 9.25. The van der Waals surface area contributed by atoms with Gasteiger partial charge in [-0.05, 0) is 46.9 Å². The van der Waals surface area contributed by atoms with Crippen LogP contribution in [0.5, 0.6) is 0 Å². The van der Waals surface area contributed by atoms with E-state index in [0.29, 0.717) is 0 Å². The van der Waals surface area contributed by atoms with Gasteiger partial charge in [-0.2, -0.15) is 0 Å². The molecule has 0 bridgehead atoms. The maximum absolute atomic E-state index is 12.1. The summed E-state index contributed by atoms with van der Waals surface area (Å²) in [7, 11) is 0. The lowest BCUT2D eigenvalue weighted by atomic mass is 10.4. The van der Waals surface area contributed by atoms with E-state index in [-0.39, 0.29) is 5.82 Å². The Balaban J connectivity index is 3.08. The van der Waals surface area contributed by atoms with Crippen LogP contribution in [0, 0.1) is 15.5 Å². The van der Waals surface area contributed by atoms with Gasteiger partial charge in [0.1, 0.15) is 5.82 Å². The number of rotatable bonds is 0. The summed E-state index contributed by atoms with van der Waals surface area (Å²) >= 11 is 2.03. The van der Waals surface area contributed by atoms with Gasteiger partial charge in [0.15, 0.2) is 0 Å². The molecule has 1 rings (SSSR count). The van der Waals surface area contributed by atoms with Gasteiger partial charge in [0.05, 0.1) is 0 Å². The highest BCUT2D eigenvalue weighted by Crippen LogP contribution is 2.04. The van der Waals surface area contributed by atoms with Crippen molar-refractivity contribution in [1.29, 1.82) is 0 Å². The average Bonchev–Trinajstić information content (AvgIpc) is 1.64. The van der Waals surface area contributed by atoms with Crippen molar-refractivity contribution < 1.29 is 4.39 Å². The SMILES string of the molecule is Fc1c[c]cc(I)c1. The minimum absolute atomic E-state index is 0.225. The summed E-state index contributed by atoms with van der Waals surface area (Å²) < 4.78 is 13.0. The lowest BCUT2D eigenvalue weighted by Crippen LogP contribution is -1.72. The summed E-state index contributed by atoms with van der Waals surface area (Å²) in [5.41, 5.74) is 0. The molecule has 41 valence electrons. The number of hydrogen-bond donors (Lipinski definition) is 0. The van der Waals surface area contributed by atoms with E-state index in [9.17, 15) is 4.39 Å². The largest absolute Gasteiger partial charge is 0.207 e. The fraction of sp³-hybridized carbons (Fsp3) is 0. The third-order valence-corrected chi connectivity index (χ3v) is 1.34. The van der Waals surface area contributed by atoms with Gasteiger partial charge in [-0.3, -0.25) is 0 Å². The molecule has 0 nitrogen and oxygen atoms in total. The minimum Gasteiger partial charge on any atom is -0.207 e. The van der Waals surface area contributed by atoms with E-state index in [1.54, 1.807) is 6.07 Å². The quantitative estimate of drug-likeness (QED) is 0.589. The van der Waals surface area contributed by atoms with Crippen LogP contribution in [-0.2, 0) is 0 Å². The van der Waals surface area contributed by atoms with Crippen molar-refractivity contribution in [3.05, 3.63) is 33.7 Å². The molecule has 0 aliphatic carbocycles. The van der Waals surface area contributed by atoms with Gasteiger partial charge in [-0.15, -0.1) is 0 Å². The summed E-state index contributed by atoms with van der Waals surface area (Å²) in [6.07, 6.45) is 0. The predicted molar refractivity (Wildman–Crippen MR) is 38.0 cm³/mol. The van der Waals surface area contributed by atoms with Gasteiger partial charge < -0.3 is 0 Å². The maximum Gasteiger partial charge on any atom is 0.124 e. The van der Waals surface area contributed by atoms with Crippen LogP contribution in [0.15, 0.2) is 18.2 Å². The van der Waals surface area contributed by atoms with E-state index >= 15 is 0 Å². The molecule has 0 aliphatic heterocycles. The van der Waals surface area contributed by atoms with Crippen molar-refractivity contribution in [3.8, 4) is 0 Å². The maximum atomic E-state index is 12.1. The molecule has 0 atom stereocenters. The van der Waals surface area contributed by atoms with Crippen LogP contribution < -0.4 is 0 Å². The third kappa shape index (κ3) is 1.43. The van der Waals surface area contributed by atoms with Gasteiger partial charge in [0.25, 0.3) is 0 Å². The van der Waals surface area contributed by atoms with Gasteiger partial charge >= 0.3 is 0 Å². The Bertz CT molecular complexity index is 168. The fourth-order valence-electron chi connectivity index (χ4n) is 0.416. The molecule has 2 heteroatoms. The summed E-state index contributed by atoms with van der Waals surface area (Å²) in [4.78, 5) is 0. The molecule has 0 amide bonds. The van der Waals surface area contributed by atoms with Crippen LogP contribution in [0.3, 0.4) is 0 Å². The summed E-state index contributed by atoms with van der Waals surface area (Å²) in [6.45, 7) is 0. The molecule has 0 heterocycles. The molecule has 1 aromatic carbocycles. The zero-order chi connectivity index (χ0) is 5.98. The molecule has 0 saturated heterocycles. The Kier molecular flexibility index (Phi) is 1.83. The van der Waals surface area contributed by atoms with E-state index in [1.807, 2.05) is 22.6 Å². The second kappa shape index (κ2) is 2.44. The lowest BCUT2D eigenvalue weighted by molar-refractivity contribution is 0.626. The highest BCUT2D eigenvalue weighted by Gasteiger charge is 1.86. The van der Waals surface area contributed by atoms with Crippen molar-refractivity contribution in [3.63, 3.8) is 0 Å². The van der Waals surface area contributed by atoms with Gasteiger partial charge in [-0.1, -0.05) is 0 Å². The summed E-state index contributed by atoms with van der Waals surface area (Å²) in [5, 5.41) is 0. The Labute approximate surface area is 60.9 Å². The van der Waals surface area contributed by atoms with Crippen LogP contribution >= 0.6 is 22.6 Å². The topological polar surface area (TPSA) is 0 Å². The molecule has 8 heavy (non-hydrogen) atoms. The van der Waals surface area contributed by atoms with E-state index in [1.165, 1.54) is 12.1 Å². The number of hydrogen-bond acceptors (Lipinski definition) is 0. The van der Waals surface area contributed by atoms with Crippen LogP contribution in [0.25, 0.3) is 0 Å². The highest BCUT2D eigenvalue weighted by molar-refractivity contribution is 14.1. The summed E-state index contributed by atoms with van der Waals surface area (Å²) in [6, 6.07) is 7.14. The third-order valence-electron chi connectivity index (χ3n) is 0.718. The second-order valence-electron chi connectivity index (χ2n) is 1.37. The Morgan fingerprint density at radius 3 is 2.62 bits per heavy atom. The first-order valence-electron chi connectivity index (χ1n) is 2.11. The monoisotopic (exact) mass is 221 g/mol.